The number of methoxy groups -OCH3 is 1. The lowest BCUT2D eigenvalue weighted by atomic mass is 9.99. The van der Waals surface area contributed by atoms with Crippen molar-refractivity contribution in [3.05, 3.63) is 0 Å². The topological polar surface area (TPSA) is 97.4 Å². The first kappa shape index (κ1) is 17.4. The predicted molar refractivity (Wildman–Crippen MR) is 68.3 cm³/mol. The van der Waals surface area contributed by atoms with Crippen LogP contribution in [0.1, 0.15) is 20.8 Å². The van der Waals surface area contributed by atoms with E-state index in [-0.39, 0.29) is 13.2 Å². The summed E-state index contributed by atoms with van der Waals surface area (Å²) in [4.78, 5) is 33.4. The van der Waals surface area contributed by atoms with E-state index in [1.54, 1.807) is 0 Å². The third kappa shape index (κ3) is 5.31. The molecule has 1 fully saturated rings. The van der Waals surface area contributed by atoms with Crippen LogP contribution in [0.25, 0.3) is 0 Å². The molecule has 1 heterocycles. The van der Waals surface area contributed by atoms with Gasteiger partial charge in [0, 0.05) is 27.9 Å². The van der Waals surface area contributed by atoms with Crippen LogP contribution >= 0.6 is 0 Å². The summed E-state index contributed by atoms with van der Waals surface area (Å²) in [7, 11) is 1.43. The molecule has 0 radical (unpaired) electrons. The molecule has 0 N–H and O–H groups in total. The maximum Gasteiger partial charge on any atom is 0.303 e. The van der Waals surface area contributed by atoms with Gasteiger partial charge in [-0.2, -0.15) is 0 Å². The van der Waals surface area contributed by atoms with Crippen molar-refractivity contribution in [3.63, 3.8) is 0 Å². The summed E-state index contributed by atoms with van der Waals surface area (Å²) in [6, 6.07) is 0. The first-order valence-corrected chi connectivity index (χ1v) is 6.47. The third-order valence-electron chi connectivity index (χ3n) is 2.89. The van der Waals surface area contributed by atoms with Crippen LogP contribution in [0.5, 0.6) is 0 Å². The number of hydrogen-bond donors (Lipinski definition) is 0. The Morgan fingerprint density at radius 3 is 2.05 bits per heavy atom. The smallest absolute Gasteiger partial charge is 0.303 e. The quantitative estimate of drug-likeness (QED) is 0.510. The Balaban J connectivity index is 2.89. The molecular weight excluding hydrogens is 284 g/mol. The molecule has 8 heteroatoms. The number of rotatable bonds is 5. The molecule has 8 nitrogen and oxygen atoms in total. The Hall–Kier alpha value is -1.67. The number of carbonyl (C=O) groups is 3. The van der Waals surface area contributed by atoms with Crippen LogP contribution in [0.15, 0.2) is 0 Å². The first-order chi connectivity index (χ1) is 9.85. The molecule has 120 valence electrons. The second-order valence-electron chi connectivity index (χ2n) is 4.60. The minimum atomic E-state index is -0.913. The van der Waals surface area contributed by atoms with Crippen molar-refractivity contribution in [2.24, 2.45) is 0 Å². The highest BCUT2D eigenvalue weighted by molar-refractivity contribution is 5.67. The molecule has 1 aliphatic rings. The fourth-order valence-corrected chi connectivity index (χ4v) is 2.05. The van der Waals surface area contributed by atoms with E-state index in [4.69, 9.17) is 23.7 Å². The summed E-state index contributed by atoms with van der Waals surface area (Å²) in [5, 5.41) is 0. The van der Waals surface area contributed by atoms with Gasteiger partial charge in [-0.05, 0) is 0 Å². The van der Waals surface area contributed by atoms with Crippen LogP contribution in [0.4, 0.5) is 0 Å². The normalized spacial score (nSPS) is 28.6. The molecule has 1 saturated heterocycles. The SMILES string of the molecule is CO[C@H]1CO[C@H](COC(C)=O)[C@@H](OC(C)=O)[C@@H]1OC(C)=O. The summed E-state index contributed by atoms with van der Waals surface area (Å²) in [5.41, 5.74) is 0. The molecule has 0 bridgehead atoms. The van der Waals surface area contributed by atoms with Gasteiger partial charge >= 0.3 is 17.9 Å². The summed E-state index contributed by atoms with van der Waals surface area (Å²) in [5.74, 6) is -1.59. The predicted octanol–water partition coefficient (Wildman–Crippen LogP) is -0.173. The average molecular weight is 304 g/mol. The summed E-state index contributed by atoms with van der Waals surface area (Å²) < 4.78 is 25.9. The number of hydrogen-bond acceptors (Lipinski definition) is 8. The van der Waals surface area contributed by atoms with Crippen molar-refractivity contribution in [1.82, 2.24) is 0 Å². The zero-order chi connectivity index (χ0) is 16.0. The van der Waals surface area contributed by atoms with Crippen LogP contribution < -0.4 is 0 Å². The van der Waals surface area contributed by atoms with Gasteiger partial charge in [0.15, 0.2) is 12.2 Å². The molecular formula is C13H20O8. The van der Waals surface area contributed by atoms with Crippen molar-refractivity contribution in [3.8, 4) is 0 Å². The molecule has 1 aliphatic heterocycles. The Morgan fingerprint density at radius 1 is 1.00 bits per heavy atom. The lowest BCUT2D eigenvalue weighted by Gasteiger charge is -2.40. The molecule has 0 amide bonds. The van der Waals surface area contributed by atoms with E-state index in [9.17, 15) is 14.4 Å². The Labute approximate surface area is 122 Å². The largest absolute Gasteiger partial charge is 0.463 e. The van der Waals surface area contributed by atoms with Crippen molar-refractivity contribution in [2.45, 2.75) is 45.2 Å². The maximum atomic E-state index is 11.3. The molecule has 0 aromatic carbocycles. The highest BCUT2D eigenvalue weighted by Gasteiger charge is 2.45. The van der Waals surface area contributed by atoms with Gasteiger partial charge < -0.3 is 23.7 Å². The molecule has 4 atom stereocenters. The van der Waals surface area contributed by atoms with Gasteiger partial charge in [0.05, 0.1) is 6.61 Å². The Kier molecular flexibility index (Phi) is 6.57. The molecule has 0 spiro atoms. The second-order valence-corrected chi connectivity index (χ2v) is 4.60. The van der Waals surface area contributed by atoms with E-state index in [2.05, 4.69) is 0 Å². The third-order valence-corrected chi connectivity index (χ3v) is 2.89. The van der Waals surface area contributed by atoms with Crippen LogP contribution in [-0.2, 0) is 38.1 Å². The van der Waals surface area contributed by atoms with Gasteiger partial charge in [-0.3, -0.25) is 14.4 Å². The molecule has 0 aromatic heterocycles. The van der Waals surface area contributed by atoms with Crippen LogP contribution in [0.3, 0.4) is 0 Å². The number of carbonyl (C=O) groups excluding carboxylic acids is 3. The fraction of sp³-hybridized carbons (Fsp3) is 0.769. The molecule has 21 heavy (non-hydrogen) atoms. The second kappa shape index (κ2) is 7.94. The highest BCUT2D eigenvalue weighted by Crippen LogP contribution is 2.24. The zero-order valence-corrected chi connectivity index (χ0v) is 12.5. The van der Waals surface area contributed by atoms with Crippen molar-refractivity contribution in [2.75, 3.05) is 20.3 Å². The van der Waals surface area contributed by atoms with Gasteiger partial charge in [-0.15, -0.1) is 0 Å². The average Bonchev–Trinajstić information content (AvgIpc) is 2.37. The van der Waals surface area contributed by atoms with Crippen molar-refractivity contribution >= 4 is 17.9 Å². The van der Waals surface area contributed by atoms with Crippen LogP contribution in [0, 0.1) is 0 Å². The van der Waals surface area contributed by atoms with E-state index < -0.39 is 42.3 Å². The van der Waals surface area contributed by atoms with Gasteiger partial charge in [0.25, 0.3) is 0 Å². The van der Waals surface area contributed by atoms with E-state index in [0.29, 0.717) is 0 Å². The molecule has 0 aromatic rings. The summed E-state index contributed by atoms with van der Waals surface area (Å²) >= 11 is 0. The van der Waals surface area contributed by atoms with Gasteiger partial charge in [0.2, 0.25) is 0 Å². The monoisotopic (exact) mass is 304 g/mol. The van der Waals surface area contributed by atoms with Gasteiger partial charge in [-0.25, -0.2) is 0 Å². The molecule has 0 unspecified atom stereocenters. The van der Waals surface area contributed by atoms with E-state index >= 15 is 0 Å². The Morgan fingerprint density at radius 2 is 1.57 bits per heavy atom. The summed E-state index contributed by atoms with van der Waals surface area (Å²) in [6.07, 6.45) is -3.05. The van der Waals surface area contributed by atoms with Crippen LogP contribution in [0.2, 0.25) is 0 Å². The standard InChI is InChI=1S/C13H20O8/c1-7(14)18-6-11-13(21-9(3)16)12(20-8(2)15)10(17-4)5-19-11/h10-13H,5-6H2,1-4H3/t10-,11+,12+,13+/m0/s1. The van der Waals surface area contributed by atoms with Gasteiger partial charge in [-0.1, -0.05) is 0 Å². The zero-order valence-electron chi connectivity index (χ0n) is 12.5. The Bertz CT molecular complexity index is 394. The fourth-order valence-electron chi connectivity index (χ4n) is 2.05. The van der Waals surface area contributed by atoms with E-state index in [1.807, 2.05) is 0 Å². The first-order valence-electron chi connectivity index (χ1n) is 6.47. The lowest BCUT2D eigenvalue weighted by molar-refractivity contribution is -0.229. The lowest BCUT2D eigenvalue weighted by Crippen LogP contribution is -2.58. The minimum absolute atomic E-state index is 0.110. The van der Waals surface area contributed by atoms with Crippen molar-refractivity contribution in [1.29, 1.82) is 0 Å². The summed E-state index contributed by atoms with van der Waals surface area (Å²) in [6.45, 7) is 3.74. The van der Waals surface area contributed by atoms with Gasteiger partial charge in [0.1, 0.15) is 18.8 Å². The van der Waals surface area contributed by atoms with Crippen molar-refractivity contribution < 1.29 is 38.1 Å². The number of esters is 3. The minimum Gasteiger partial charge on any atom is -0.463 e. The number of ether oxygens (including phenoxy) is 5. The highest BCUT2D eigenvalue weighted by atomic mass is 16.6. The van der Waals surface area contributed by atoms with E-state index in [1.165, 1.54) is 27.9 Å². The molecule has 1 rings (SSSR count). The maximum absolute atomic E-state index is 11.3. The van der Waals surface area contributed by atoms with E-state index in [0.717, 1.165) is 0 Å². The molecule has 0 aliphatic carbocycles. The van der Waals surface area contributed by atoms with Crippen LogP contribution in [-0.4, -0.2) is 62.6 Å². The molecule has 0 saturated carbocycles.